The van der Waals surface area contributed by atoms with E-state index >= 15 is 0 Å². The zero-order chi connectivity index (χ0) is 25.3. The number of hydrogen-bond acceptors (Lipinski definition) is 4. The fourth-order valence-electron chi connectivity index (χ4n) is 4.15. The van der Waals surface area contributed by atoms with Gasteiger partial charge in [-0.25, -0.2) is 4.68 Å². The highest BCUT2D eigenvalue weighted by atomic mass is 19.4. The van der Waals surface area contributed by atoms with Crippen LogP contribution in [0.25, 0.3) is 16.6 Å². The predicted octanol–water partition coefficient (Wildman–Crippen LogP) is 5.66. The van der Waals surface area contributed by atoms with Crippen LogP contribution >= 0.6 is 0 Å². The van der Waals surface area contributed by atoms with Crippen molar-refractivity contribution in [1.29, 1.82) is 0 Å². The first-order valence-corrected chi connectivity index (χ1v) is 11.8. The number of fused-ring (bicyclic) bond motifs is 1. The van der Waals surface area contributed by atoms with Gasteiger partial charge < -0.3 is 10.1 Å². The maximum absolute atomic E-state index is 12.6. The third kappa shape index (κ3) is 5.50. The van der Waals surface area contributed by atoms with E-state index in [1.165, 1.54) is 36.6 Å². The summed E-state index contributed by atoms with van der Waals surface area (Å²) in [5.41, 5.74) is 4.53. The van der Waals surface area contributed by atoms with Crippen LogP contribution in [0.1, 0.15) is 48.7 Å². The zero-order valence-corrected chi connectivity index (χ0v) is 19.6. The van der Waals surface area contributed by atoms with E-state index in [1.54, 1.807) is 6.92 Å². The third-order valence-electron chi connectivity index (χ3n) is 6.11. The average Bonchev–Trinajstić information content (AvgIpc) is 3.63. The molecule has 5 rings (SSSR count). The van der Waals surface area contributed by atoms with Gasteiger partial charge in [-0.05, 0) is 55.7 Å². The number of nitrogens with one attached hydrogen (secondary N) is 1. The summed E-state index contributed by atoms with van der Waals surface area (Å²) in [5.74, 6) is 0.373. The number of nitrogens with zero attached hydrogens (tertiary/aromatic N) is 3. The quantitative estimate of drug-likeness (QED) is 0.343. The number of aromatic nitrogens is 3. The number of ether oxygens (including phenoxy) is 1. The standard InChI is InChI=1S/C27H25F3N4O2/c1-17(23-13-12-21(15-31-23)36-16-27(28,29)30)32-25(35)14-18-6-10-20(11-7-18)34-24-5-3-2-4-22(24)26(33-34)19-8-9-19/h2-7,10-13,15,17,19H,8-9,14,16H2,1H3,(H,32,35). The second kappa shape index (κ2) is 9.64. The Balaban J connectivity index is 1.20. The van der Waals surface area contributed by atoms with Crippen molar-refractivity contribution in [3.05, 3.63) is 83.8 Å². The van der Waals surface area contributed by atoms with E-state index in [1.807, 2.05) is 41.1 Å². The molecule has 0 bridgehead atoms. The molecule has 9 heteroatoms. The SMILES string of the molecule is CC(NC(=O)Cc1ccc(-n2nc(C3CC3)c3ccccc32)cc1)c1ccc(OCC(F)(F)F)cn1. The van der Waals surface area contributed by atoms with Crippen LogP contribution in [0, 0.1) is 0 Å². The van der Waals surface area contributed by atoms with Gasteiger partial charge in [-0.1, -0.05) is 30.3 Å². The van der Waals surface area contributed by atoms with Crippen molar-refractivity contribution in [1.82, 2.24) is 20.1 Å². The molecule has 1 unspecified atom stereocenters. The molecule has 0 aliphatic heterocycles. The third-order valence-corrected chi connectivity index (χ3v) is 6.11. The van der Waals surface area contributed by atoms with Crippen molar-refractivity contribution < 1.29 is 22.7 Å². The second-order valence-electron chi connectivity index (χ2n) is 9.04. The fraction of sp³-hybridized carbons (Fsp3) is 0.296. The van der Waals surface area contributed by atoms with Gasteiger partial charge in [0.25, 0.3) is 0 Å². The van der Waals surface area contributed by atoms with Gasteiger partial charge in [0.05, 0.1) is 41.3 Å². The van der Waals surface area contributed by atoms with Crippen molar-refractivity contribution in [3.8, 4) is 11.4 Å². The fourth-order valence-corrected chi connectivity index (χ4v) is 4.15. The molecule has 1 amide bonds. The Morgan fingerprint density at radius 3 is 2.53 bits per heavy atom. The molecular weight excluding hydrogens is 469 g/mol. The van der Waals surface area contributed by atoms with Gasteiger partial charge in [-0.15, -0.1) is 0 Å². The lowest BCUT2D eigenvalue weighted by Crippen LogP contribution is -2.28. The first-order valence-electron chi connectivity index (χ1n) is 11.8. The summed E-state index contributed by atoms with van der Waals surface area (Å²) in [4.78, 5) is 16.7. The van der Waals surface area contributed by atoms with E-state index in [4.69, 9.17) is 5.10 Å². The summed E-state index contributed by atoms with van der Waals surface area (Å²) in [7, 11) is 0. The van der Waals surface area contributed by atoms with Gasteiger partial charge in [0.2, 0.25) is 5.91 Å². The highest BCUT2D eigenvalue weighted by Gasteiger charge is 2.29. The number of hydrogen-bond donors (Lipinski definition) is 1. The summed E-state index contributed by atoms with van der Waals surface area (Å²) in [6, 6.07) is 18.5. The number of benzene rings is 2. The Morgan fingerprint density at radius 1 is 1.11 bits per heavy atom. The molecule has 2 heterocycles. The lowest BCUT2D eigenvalue weighted by molar-refractivity contribution is -0.153. The normalized spacial score (nSPS) is 14.6. The Kier molecular flexibility index (Phi) is 6.38. The lowest BCUT2D eigenvalue weighted by Gasteiger charge is -2.15. The molecule has 1 N–H and O–H groups in total. The van der Waals surface area contributed by atoms with Crippen molar-refractivity contribution >= 4 is 16.8 Å². The van der Waals surface area contributed by atoms with Crippen molar-refractivity contribution in [3.63, 3.8) is 0 Å². The van der Waals surface area contributed by atoms with Crippen LogP contribution in [-0.2, 0) is 11.2 Å². The molecule has 1 aliphatic carbocycles. The van der Waals surface area contributed by atoms with E-state index in [0.717, 1.165) is 22.5 Å². The molecule has 0 radical (unpaired) electrons. The smallest absolute Gasteiger partial charge is 0.422 e. The molecule has 186 valence electrons. The summed E-state index contributed by atoms with van der Waals surface area (Å²) in [5, 5.41) is 8.94. The molecule has 0 saturated heterocycles. The van der Waals surface area contributed by atoms with Gasteiger partial charge in [0.1, 0.15) is 5.75 Å². The van der Waals surface area contributed by atoms with Crippen LogP contribution in [0.4, 0.5) is 13.2 Å². The predicted molar refractivity (Wildman–Crippen MR) is 129 cm³/mol. The molecule has 1 aliphatic rings. The summed E-state index contributed by atoms with van der Waals surface area (Å²) >= 11 is 0. The van der Waals surface area contributed by atoms with E-state index in [9.17, 15) is 18.0 Å². The van der Waals surface area contributed by atoms with E-state index in [2.05, 4.69) is 27.2 Å². The largest absolute Gasteiger partial charge is 0.483 e. The number of amides is 1. The molecule has 2 aromatic heterocycles. The van der Waals surface area contributed by atoms with Crippen LogP contribution in [0.15, 0.2) is 66.9 Å². The maximum Gasteiger partial charge on any atom is 0.422 e. The van der Waals surface area contributed by atoms with Gasteiger partial charge in [0.15, 0.2) is 6.61 Å². The molecule has 4 aromatic rings. The van der Waals surface area contributed by atoms with Crippen LogP contribution in [0.5, 0.6) is 5.75 Å². The van der Waals surface area contributed by atoms with Crippen LogP contribution in [0.3, 0.4) is 0 Å². The number of rotatable bonds is 8. The lowest BCUT2D eigenvalue weighted by atomic mass is 10.1. The first kappa shape index (κ1) is 23.8. The van der Waals surface area contributed by atoms with E-state index < -0.39 is 18.8 Å². The minimum absolute atomic E-state index is 0.0175. The van der Waals surface area contributed by atoms with Gasteiger partial charge in [-0.2, -0.15) is 18.3 Å². The van der Waals surface area contributed by atoms with Crippen molar-refractivity contribution in [2.75, 3.05) is 6.61 Å². The molecule has 6 nitrogen and oxygen atoms in total. The topological polar surface area (TPSA) is 69.0 Å². The van der Waals surface area contributed by atoms with Crippen LogP contribution < -0.4 is 10.1 Å². The highest BCUT2D eigenvalue weighted by molar-refractivity contribution is 5.84. The number of carbonyl (C=O) groups is 1. The first-order chi connectivity index (χ1) is 17.3. The monoisotopic (exact) mass is 494 g/mol. The van der Waals surface area contributed by atoms with Crippen molar-refractivity contribution in [2.24, 2.45) is 0 Å². The number of carbonyl (C=O) groups excluding carboxylic acids is 1. The molecule has 36 heavy (non-hydrogen) atoms. The maximum atomic E-state index is 12.6. The van der Waals surface area contributed by atoms with E-state index in [0.29, 0.717) is 11.6 Å². The summed E-state index contributed by atoms with van der Waals surface area (Å²) in [6.07, 6.45) is -0.650. The molecule has 1 saturated carbocycles. The number of pyridine rings is 1. The van der Waals surface area contributed by atoms with Crippen LogP contribution in [-0.4, -0.2) is 33.5 Å². The average molecular weight is 495 g/mol. The Bertz CT molecular complexity index is 1360. The Morgan fingerprint density at radius 2 is 1.86 bits per heavy atom. The molecule has 1 fully saturated rings. The molecule has 2 aromatic carbocycles. The molecular formula is C27H25F3N4O2. The van der Waals surface area contributed by atoms with Gasteiger partial charge in [-0.3, -0.25) is 9.78 Å². The Hall–Kier alpha value is -3.88. The van der Waals surface area contributed by atoms with Gasteiger partial charge >= 0.3 is 6.18 Å². The van der Waals surface area contributed by atoms with Crippen molar-refractivity contribution in [2.45, 2.75) is 44.3 Å². The number of halogens is 3. The number of para-hydroxylation sites is 1. The highest BCUT2D eigenvalue weighted by Crippen LogP contribution is 2.42. The molecule has 0 spiro atoms. The number of alkyl halides is 3. The summed E-state index contributed by atoms with van der Waals surface area (Å²) in [6.45, 7) is 0.386. The summed E-state index contributed by atoms with van der Waals surface area (Å²) < 4.78 is 43.5. The minimum atomic E-state index is -4.41. The Labute approximate surface area is 206 Å². The zero-order valence-electron chi connectivity index (χ0n) is 19.6. The minimum Gasteiger partial charge on any atom is -0.483 e. The van der Waals surface area contributed by atoms with Crippen LogP contribution in [0.2, 0.25) is 0 Å². The second-order valence-corrected chi connectivity index (χ2v) is 9.04. The van der Waals surface area contributed by atoms with Gasteiger partial charge in [0, 0.05) is 11.3 Å². The van der Waals surface area contributed by atoms with E-state index in [-0.39, 0.29) is 18.1 Å². The molecule has 1 atom stereocenters.